The number of primary amides is 1. The predicted octanol–water partition coefficient (Wildman–Crippen LogP) is 0.648. The van der Waals surface area contributed by atoms with Crippen LogP contribution in [0.3, 0.4) is 0 Å². The molecule has 2 atom stereocenters. The van der Waals surface area contributed by atoms with Gasteiger partial charge in [0.2, 0.25) is 0 Å². The molecule has 0 bridgehead atoms. The summed E-state index contributed by atoms with van der Waals surface area (Å²) in [5.74, 6) is 0. The summed E-state index contributed by atoms with van der Waals surface area (Å²) in [5, 5.41) is 0. The average Bonchev–Trinajstić information content (AvgIpc) is 2.19. The first kappa shape index (κ1) is 11.4. The molecule has 1 aromatic rings. The Bertz CT molecular complexity index is 318. The molecule has 2 unspecified atom stereocenters. The van der Waals surface area contributed by atoms with Crippen LogP contribution in [0.1, 0.15) is 18.6 Å². The van der Waals surface area contributed by atoms with E-state index in [0.29, 0.717) is 0 Å². The highest BCUT2D eigenvalue weighted by Gasteiger charge is 2.22. The Labute approximate surface area is 87.4 Å². The molecule has 0 fully saturated rings. The molecule has 0 aliphatic heterocycles. The molecule has 0 aliphatic carbocycles. The van der Waals surface area contributed by atoms with Crippen molar-refractivity contribution in [3.8, 4) is 0 Å². The first-order valence-corrected chi connectivity index (χ1v) is 4.39. The quantitative estimate of drug-likeness (QED) is 0.789. The van der Waals surface area contributed by atoms with Crippen LogP contribution in [0, 0.1) is 0 Å². The summed E-state index contributed by atoms with van der Waals surface area (Å²) in [6, 6.07) is 0. The van der Waals surface area contributed by atoms with Gasteiger partial charge in [0.15, 0.2) is 0 Å². The SMILES string of the molecule is COC(c1cncnc1)C(C)OC(N)=O. The lowest BCUT2D eigenvalue weighted by Gasteiger charge is -2.21. The lowest BCUT2D eigenvalue weighted by Crippen LogP contribution is -2.27. The van der Waals surface area contributed by atoms with Crippen molar-refractivity contribution in [3.63, 3.8) is 0 Å². The summed E-state index contributed by atoms with van der Waals surface area (Å²) in [5.41, 5.74) is 5.65. The third-order valence-corrected chi connectivity index (χ3v) is 1.89. The molecule has 0 spiro atoms. The number of methoxy groups -OCH3 is 1. The van der Waals surface area contributed by atoms with Gasteiger partial charge in [-0.15, -0.1) is 0 Å². The minimum absolute atomic E-state index is 0.418. The Morgan fingerprint density at radius 3 is 2.53 bits per heavy atom. The highest BCUT2D eigenvalue weighted by Crippen LogP contribution is 2.20. The van der Waals surface area contributed by atoms with Gasteiger partial charge in [0.25, 0.3) is 0 Å². The fraction of sp³-hybridized carbons (Fsp3) is 0.444. The number of nitrogens with zero attached hydrogens (tertiary/aromatic N) is 2. The molecule has 6 heteroatoms. The number of carbonyl (C=O) groups excluding carboxylic acids is 1. The fourth-order valence-corrected chi connectivity index (χ4v) is 1.30. The van der Waals surface area contributed by atoms with Crippen LogP contribution in [0.25, 0.3) is 0 Å². The minimum Gasteiger partial charge on any atom is -0.444 e. The smallest absolute Gasteiger partial charge is 0.404 e. The molecule has 15 heavy (non-hydrogen) atoms. The molecule has 0 radical (unpaired) electrons. The highest BCUT2D eigenvalue weighted by atomic mass is 16.6. The van der Waals surface area contributed by atoms with E-state index in [1.807, 2.05) is 0 Å². The molecule has 0 aromatic carbocycles. The predicted molar refractivity (Wildman–Crippen MR) is 51.9 cm³/mol. The van der Waals surface area contributed by atoms with E-state index in [2.05, 4.69) is 9.97 Å². The number of amides is 1. The lowest BCUT2D eigenvalue weighted by molar-refractivity contribution is -0.0124. The molecule has 1 heterocycles. The van der Waals surface area contributed by atoms with Gasteiger partial charge in [-0.25, -0.2) is 14.8 Å². The summed E-state index contributed by atoms with van der Waals surface area (Å²) in [7, 11) is 1.51. The molecule has 82 valence electrons. The molecule has 0 saturated heterocycles. The van der Waals surface area contributed by atoms with E-state index in [1.165, 1.54) is 13.4 Å². The summed E-state index contributed by atoms with van der Waals surface area (Å²) in [6.07, 6.45) is 2.87. The second-order valence-corrected chi connectivity index (χ2v) is 2.97. The van der Waals surface area contributed by atoms with E-state index in [-0.39, 0.29) is 0 Å². The minimum atomic E-state index is -0.832. The monoisotopic (exact) mass is 211 g/mol. The van der Waals surface area contributed by atoms with E-state index in [1.54, 1.807) is 19.3 Å². The van der Waals surface area contributed by atoms with Crippen molar-refractivity contribution in [1.29, 1.82) is 0 Å². The van der Waals surface area contributed by atoms with Gasteiger partial charge >= 0.3 is 6.09 Å². The van der Waals surface area contributed by atoms with Crippen molar-refractivity contribution in [3.05, 3.63) is 24.3 Å². The van der Waals surface area contributed by atoms with Crippen molar-refractivity contribution in [2.45, 2.75) is 19.1 Å². The van der Waals surface area contributed by atoms with Crippen molar-refractivity contribution < 1.29 is 14.3 Å². The average molecular weight is 211 g/mol. The molecular weight excluding hydrogens is 198 g/mol. The summed E-state index contributed by atoms with van der Waals surface area (Å²) < 4.78 is 10.0. The largest absolute Gasteiger partial charge is 0.444 e. The van der Waals surface area contributed by atoms with Crippen LogP contribution in [0.5, 0.6) is 0 Å². The number of aromatic nitrogens is 2. The van der Waals surface area contributed by atoms with Crippen LogP contribution in [-0.2, 0) is 9.47 Å². The van der Waals surface area contributed by atoms with Crippen molar-refractivity contribution in [2.75, 3.05) is 7.11 Å². The molecule has 0 aliphatic rings. The second kappa shape index (κ2) is 5.26. The third-order valence-electron chi connectivity index (χ3n) is 1.89. The molecule has 1 amide bonds. The normalized spacial score (nSPS) is 14.3. The van der Waals surface area contributed by atoms with Gasteiger partial charge in [-0.3, -0.25) is 0 Å². The van der Waals surface area contributed by atoms with Crippen LogP contribution in [-0.4, -0.2) is 29.3 Å². The number of hydrogen-bond acceptors (Lipinski definition) is 5. The number of ether oxygens (including phenoxy) is 2. The van der Waals surface area contributed by atoms with Crippen molar-refractivity contribution in [2.24, 2.45) is 5.73 Å². The van der Waals surface area contributed by atoms with Gasteiger partial charge in [0.1, 0.15) is 18.5 Å². The van der Waals surface area contributed by atoms with Crippen LogP contribution >= 0.6 is 0 Å². The first-order chi connectivity index (χ1) is 7.15. The van der Waals surface area contributed by atoms with E-state index in [4.69, 9.17) is 15.2 Å². The van der Waals surface area contributed by atoms with E-state index >= 15 is 0 Å². The van der Waals surface area contributed by atoms with E-state index in [0.717, 1.165) is 5.56 Å². The van der Waals surface area contributed by atoms with Gasteiger partial charge in [0, 0.05) is 25.1 Å². The molecule has 1 aromatic heterocycles. The van der Waals surface area contributed by atoms with Crippen molar-refractivity contribution >= 4 is 6.09 Å². The zero-order valence-corrected chi connectivity index (χ0v) is 8.58. The Morgan fingerprint density at radius 1 is 1.47 bits per heavy atom. The highest BCUT2D eigenvalue weighted by molar-refractivity contribution is 5.64. The van der Waals surface area contributed by atoms with Gasteiger partial charge in [-0.1, -0.05) is 0 Å². The molecule has 1 rings (SSSR count). The maximum Gasteiger partial charge on any atom is 0.404 e. The molecule has 2 N–H and O–H groups in total. The van der Waals surface area contributed by atoms with Crippen LogP contribution in [0.15, 0.2) is 18.7 Å². The van der Waals surface area contributed by atoms with Crippen LogP contribution in [0.2, 0.25) is 0 Å². The fourth-order valence-electron chi connectivity index (χ4n) is 1.30. The van der Waals surface area contributed by atoms with E-state index in [9.17, 15) is 4.79 Å². The Morgan fingerprint density at radius 2 is 2.07 bits per heavy atom. The summed E-state index contributed by atoms with van der Waals surface area (Å²) >= 11 is 0. The van der Waals surface area contributed by atoms with Gasteiger partial charge in [-0.05, 0) is 6.92 Å². The van der Waals surface area contributed by atoms with Gasteiger partial charge < -0.3 is 15.2 Å². The third kappa shape index (κ3) is 3.17. The Balaban J connectivity index is 2.75. The molecular formula is C9H13N3O3. The standard InChI is InChI=1S/C9H13N3O3/c1-6(15-9(10)13)8(14-2)7-3-11-5-12-4-7/h3-6,8H,1-2H3,(H2,10,13). The maximum absolute atomic E-state index is 10.6. The second-order valence-electron chi connectivity index (χ2n) is 2.97. The zero-order chi connectivity index (χ0) is 11.3. The van der Waals surface area contributed by atoms with Crippen LogP contribution < -0.4 is 5.73 Å². The van der Waals surface area contributed by atoms with Crippen molar-refractivity contribution in [1.82, 2.24) is 9.97 Å². The summed E-state index contributed by atoms with van der Waals surface area (Å²) in [4.78, 5) is 18.3. The Hall–Kier alpha value is -1.69. The topological polar surface area (TPSA) is 87.3 Å². The zero-order valence-electron chi connectivity index (χ0n) is 8.58. The number of rotatable bonds is 4. The maximum atomic E-state index is 10.6. The first-order valence-electron chi connectivity index (χ1n) is 4.39. The number of hydrogen-bond donors (Lipinski definition) is 1. The number of nitrogens with two attached hydrogens (primary N) is 1. The van der Waals surface area contributed by atoms with E-state index < -0.39 is 18.3 Å². The summed E-state index contributed by atoms with van der Waals surface area (Å²) in [6.45, 7) is 1.69. The molecule has 0 saturated carbocycles. The Kier molecular flexibility index (Phi) is 3.99. The van der Waals surface area contributed by atoms with Gasteiger partial charge in [-0.2, -0.15) is 0 Å². The van der Waals surface area contributed by atoms with Gasteiger partial charge in [0.05, 0.1) is 0 Å². The lowest BCUT2D eigenvalue weighted by atomic mass is 10.1. The van der Waals surface area contributed by atoms with Crippen LogP contribution in [0.4, 0.5) is 4.79 Å². The number of carbonyl (C=O) groups is 1. The molecule has 6 nitrogen and oxygen atoms in total.